The number of carbonyl (C=O) groups excluding carboxylic acids is 4. The van der Waals surface area contributed by atoms with Crippen molar-refractivity contribution in [3.8, 4) is 0 Å². The van der Waals surface area contributed by atoms with Gasteiger partial charge >= 0.3 is 0 Å². The van der Waals surface area contributed by atoms with Crippen molar-refractivity contribution in [2.75, 3.05) is 41.3 Å². The summed E-state index contributed by atoms with van der Waals surface area (Å²) in [7, 11) is 6.72. The van der Waals surface area contributed by atoms with E-state index < -0.39 is 0 Å². The van der Waals surface area contributed by atoms with Gasteiger partial charge in [0.1, 0.15) is 23.8 Å². The molecule has 0 saturated carbocycles. The van der Waals surface area contributed by atoms with E-state index in [0.29, 0.717) is 28.1 Å². The average Bonchev–Trinajstić information content (AvgIpc) is 3.74. The fourth-order valence-corrected chi connectivity index (χ4v) is 7.10. The molecule has 2 aromatic rings. The molecule has 4 aliphatic rings. The highest BCUT2D eigenvalue weighted by atomic mass is 16.2. The van der Waals surface area contributed by atoms with E-state index in [1.54, 1.807) is 55.2 Å². The Morgan fingerprint density at radius 2 is 1.21 bits per heavy atom. The molecule has 14 heteroatoms. The molecular formula is C38H50N10O4. The van der Waals surface area contributed by atoms with Crippen molar-refractivity contribution < 1.29 is 19.2 Å². The van der Waals surface area contributed by atoms with Gasteiger partial charge in [-0.3, -0.25) is 30.0 Å². The Morgan fingerprint density at radius 3 is 1.67 bits per heavy atom. The molecule has 0 bridgehead atoms. The van der Waals surface area contributed by atoms with Gasteiger partial charge in [0.05, 0.1) is 12.1 Å². The summed E-state index contributed by atoms with van der Waals surface area (Å²) in [4.78, 5) is 55.6. The highest BCUT2D eigenvalue weighted by molar-refractivity contribution is 6.23. The number of nitrogens with one attached hydrogen (secondary N) is 4. The van der Waals surface area contributed by atoms with Gasteiger partial charge in [-0.25, -0.2) is 0 Å². The number of rotatable bonds is 8. The second kappa shape index (κ2) is 15.7. The maximum Gasteiger partial charge on any atom is 0.254 e. The molecule has 0 saturated heterocycles. The fraction of sp³-hybridized carbons (Fsp3) is 0.421. The number of fused-ring (bicyclic) bond motifs is 2. The van der Waals surface area contributed by atoms with Crippen molar-refractivity contribution in [2.45, 2.75) is 64.7 Å². The maximum absolute atomic E-state index is 13.3. The van der Waals surface area contributed by atoms with Gasteiger partial charge in [0.25, 0.3) is 23.6 Å². The molecule has 276 valence electrons. The van der Waals surface area contributed by atoms with Gasteiger partial charge in [-0.2, -0.15) is 10.2 Å². The van der Waals surface area contributed by atoms with E-state index in [2.05, 4.69) is 50.4 Å². The normalized spacial score (nSPS) is 21.6. The van der Waals surface area contributed by atoms with Crippen LogP contribution >= 0.6 is 0 Å². The third kappa shape index (κ3) is 7.10. The van der Waals surface area contributed by atoms with Crippen LogP contribution in [0.3, 0.4) is 0 Å². The first-order valence-electron chi connectivity index (χ1n) is 17.7. The summed E-state index contributed by atoms with van der Waals surface area (Å²) in [6.45, 7) is 10.0. The van der Waals surface area contributed by atoms with E-state index in [4.69, 9.17) is 5.73 Å². The molecule has 4 unspecified atom stereocenters. The lowest BCUT2D eigenvalue weighted by Gasteiger charge is -2.37. The van der Waals surface area contributed by atoms with Crippen LogP contribution in [0.4, 0.5) is 0 Å². The van der Waals surface area contributed by atoms with E-state index in [1.165, 1.54) is 0 Å². The third-order valence-corrected chi connectivity index (χ3v) is 9.89. The van der Waals surface area contributed by atoms with Crippen LogP contribution < -0.4 is 27.2 Å². The molecule has 14 nitrogen and oxygen atoms in total. The number of nitrogens with zero attached hydrogens (tertiary/aromatic N) is 5. The maximum atomic E-state index is 13.3. The highest BCUT2D eigenvalue weighted by Crippen LogP contribution is 2.32. The Labute approximate surface area is 305 Å². The molecule has 0 aliphatic carbocycles. The van der Waals surface area contributed by atoms with E-state index >= 15 is 0 Å². The zero-order chi connectivity index (χ0) is 37.9. The first-order valence-corrected chi connectivity index (χ1v) is 17.7. The summed E-state index contributed by atoms with van der Waals surface area (Å²) in [6, 6.07) is 10.2. The Kier molecular flexibility index (Phi) is 11.4. The molecule has 4 aliphatic heterocycles. The number of hydrogen-bond acceptors (Lipinski definition) is 10. The number of amides is 4. The molecule has 0 spiro atoms. The lowest BCUT2D eigenvalue weighted by atomic mass is 9.90. The predicted octanol–water partition coefficient (Wildman–Crippen LogP) is 1.81. The number of benzene rings is 2. The van der Waals surface area contributed by atoms with Crippen molar-refractivity contribution in [1.82, 2.24) is 36.2 Å². The summed E-state index contributed by atoms with van der Waals surface area (Å²) in [5, 5.41) is 13.9. The van der Waals surface area contributed by atoms with Crippen molar-refractivity contribution in [3.05, 3.63) is 81.9 Å². The van der Waals surface area contributed by atoms with Gasteiger partial charge in [-0.05, 0) is 85.4 Å². The number of hydrogen-bond donors (Lipinski definition) is 5. The Bertz CT molecular complexity index is 1880. The molecule has 52 heavy (non-hydrogen) atoms. The first-order chi connectivity index (χ1) is 24.9. The van der Waals surface area contributed by atoms with E-state index in [0.717, 1.165) is 54.0 Å². The van der Waals surface area contributed by atoms with Crippen LogP contribution in [0.2, 0.25) is 0 Å². The summed E-state index contributed by atoms with van der Waals surface area (Å²) in [5.41, 5.74) is 17.6. The second-order valence-corrected chi connectivity index (χ2v) is 13.4. The van der Waals surface area contributed by atoms with Gasteiger partial charge in [0.15, 0.2) is 0 Å². The van der Waals surface area contributed by atoms with Crippen molar-refractivity contribution in [3.63, 3.8) is 0 Å². The van der Waals surface area contributed by atoms with Crippen molar-refractivity contribution >= 4 is 46.4 Å². The van der Waals surface area contributed by atoms with Gasteiger partial charge in [0, 0.05) is 63.6 Å². The smallest absolute Gasteiger partial charge is 0.254 e. The van der Waals surface area contributed by atoms with Crippen LogP contribution in [0.5, 0.6) is 0 Å². The van der Waals surface area contributed by atoms with Crippen molar-refractivity contribution in [1.29, 1.82) is 0 Å². The van der Waals surface area contributed by atoms with Crippen LogP contribution in [0.25, 0.3) is 11.1 Å². The van der Waals surface area contributed by atoms with Crippen molar-refractivity contribution in [2.24, 2.45) is 15.9 Å². The number of aryl methyl sites for hydroxylation is 2. The van der Waals surface area contributed by atoms with Crippen LogP contribution in [0.1, 0.15) is 69.7 Å². The van der Waals surface area contributed by atoms with Gasteiger partial charge < -0.3 is 31.1 Å². The number of carbonyl (C=O) groups is 4. The number of nitrogens with two attached hydrogens (primary N) is 1. The molecule has 0 radical (unpaired) electrons. The molecule has 4 amide bonds. The zero-order valence-corrected chi connectivity index (χ0v) is 31.2. The van der Waals surface area contributed by atoms with Crippen LogP contribution in [0.15, 0.2) is 58.8 Å². The molecule has 4 heterocycles. The Balaban J connectivity index is 0.000000206. The quantitative estimate of drug-likeness (QED) is 0.276. The summed E-state index contributed by atoms with van der Waals surface area (Å²) >= 11 is 0. The monoisotopic (exact) mass is 710 g/mol. The van der Waals surface area contributed by atoms with Gasteiger partial charge in [-0.1, -0.05) is 26.0 Å². The zero-order valence-electron chi connectivity index (χ0n) is 31.2. The molecule has 0 aromatic heterocycles. The lowest BCUT2D eigenvalue weighted by Crippen LogP contribution is -2.55. The number of likely N-dealkylation sites (N-methyl/N-ethyl adjacent to an activating group) is 2. The predicted molar refractivity (Wildman–Crippen MR) is 203 cm³/mol. The minimum atomic E-state index is -0.270. The molecule has 2 aromatic carbocycles. The van der Waals surface area contributed by atoms with E-state index in [1.807, 2.05) is 45.2 Å². The molecule has 6 N–H and O–H groups in total. The third-order valence-electron chi connectivity index (χ3n) is 9.89. The largest absolute Gasteiger partial charge is 0.384 e. The number of hydrazone groups is 2. The standard InChI is InChI=1S/C22H31N5O2.C16H19N5O2/c1-6-10-27(11-7-2)20-19-18(24-25-20)13-17(22(29)26(19)5)16-12-15(21(28)23-4)9-8-14(16)3;1-8-4-5-9(15(22)18-2)6-10(8)11-7-12-13(14(17)20-19-12)21(3)16(11)23/h8-9,12-13,18-19,24H,6-7,10-11H2,1-5H3,(H,23,28);4-7,12-13,19H,1-3H3,(H2,17,20)(H,18,22). The second-order valence-electron chi connectivity index (χ2n) is 13.4. The van der Waals surface area contributed by atoms with Crippen LogP contribution in [-0.2, 0) is 9.59 Å². The Morgan fingerprint density at radius 1 is 0.769 bits per heavy atom. The fourth-order valence-electron chi connectivity index (χ4n) is 7.10. The lowest BCUT2D eigenvalue weighted by molar-refractivity contribution is -0.126. The van der Waals surface area contributed by atoms with Crippen LogP contribution in [-0.4, -0.2) is 115 Å². The summed E-state index contributed by atoms with van der Waals surface area (Å²) < 4.78 is 0. The average molecular weight is 711 g/mol. The molecular weight excluding hydrogens is 660 g/mol. The molecule has 4 atom stereocenters. The van der Waals surface area contributed by atoms with E-state index in [9.17, 15) is 19.2 Å². The van der Waals surface area contributed by atoms with E-state index in [-0.39, 0.29) is 47.8 Å². The minimum absolute atomic E-state index is 0.0484. The highest BCUT2D eigenvalue weighted by Gasteiger charge is 2.43. The minimum Gasteiger partial charge on any atom is -0.384 e. The summed E-state index contributed by atoms with van der Waals surface area (Å²) in [6.07, 6.45) is 5.86. The number of amidine groups is 2. The topological polar surface area (TPSA) is 177 Å². The molecule has 6 rings (SSSR count). The molecule has 0 fully saturated rings. The van der Waals surface area contributed by atoms with Gasteiger partial charge in [-0.15, -0.1) is 0 Å². The summed E-state index contributed by atoms with van der Waals surface area (Å²) in [5.74, 6) is 0.796. The SMILES string of the molecule is CCCN(CCC)C1=NNC2C=C(c3cc(C(=O)NC)ccc3C)C(=O)N(C)C12.CNC(=O)c1ccc(C)c(C2=CC3NN=C(N)C3N(C)C2=O)c1. The Hall–Kier alpha value is -5.66. The van der Waals surface area contributed by atoms with Gasteiger partial charge in [0.2, 0.25) is 0 Å². The van der Waals surface area contributed by atoms with Crippen LogP contribution in [0, 0.1) is 13.8 Å². The first kappa shape index (κ1) is 37.6.